The van der Waals surface area contributed by atoms with Crippen LogP contribution in [0.1, 0.15) is 67.1 Å². The number of rotatable bonds is 9. The maximum atomic E-state index is 12.9. The van der Waals surface area contributed by atoms with Crippen molar-refractivity contribution in [3.05, 3.63) is 65.2 Å². The van der Waals surface area contributed by atoms with Crippen LogP contribution in [0.3, 0.4) is 0 Å². The van der Waals surface area contributed by atoms with Crippen molar-refractivity contribution >= 4 is 15.9 Å². The standard InChI is InChI=1S/C25H34N2O4S/c1-19(2)17-24(21-11-13-23(31-3)14-12-21)26-25(28)22-9-7-20(8-10-22)18-32(29,30)27-15-5-4-6-16-27/h7-14,19,24H,4-6,15-18H2,1-3H3,(H,26,28). The third-order valence-corrected chi connectivity index (χ3v) is 7.65. The molecule has 1 amide bonds. The molecule has 0 bridgehead atoms. The first-order chi connectivity index (χ1) is 15.3. The number of methoxy groups -OCH3 is 1. The highest BCUT2D eigenvalue weighted by Gasteiger charge is 2.24. The third kappa shape index (κ3) is 6.56. The van der Waals surface area contributed by atoms with E-state index >= 15 is 0 Å². The van der Waals surface area contributed by atoms with Gasteiger partial charge < -0.3 is 10.1 Å². The molecule has 2 aromatic carbocycles. The smallest absolute Gasteiger partial charge is 0.251 e. The van der Waals surface area contributed by atoms with Gasteiger partial charge in [-0.25, -0.2) is 12.7 Å². The molecular weight excluding hydrogens is 424 g/mol. The van der Waals surface area contributed by atoms with Gasteiger partial charge in [-0.1, -0.05) is 44.5 Å². The summed E-state index contributed by atoms with van der Waals surface area (Å²) >= 11 is 0. The number of piperidine rings is 1. The average Bonchev–Trinajstić information content (AvgIpc) is 2.79. The van der Waals surface area contributed by atoms with Crippen molar-refractivity contribution in [2.75, 3.05) is 20.2 Å². The summed E-state index contributed by atoms with van der Waals surface area (Å²) in [4.78, 5) is 12.9. The van der Waals surface area contributed by atoms with E-state index in [1.54, 1.807) is 35.7 Å². The molecule has 174 valence electrons. The molecule has 7 heteroatoms. The number of carbonyl (C=O) groups excluding carboxylic acids is 1. The Hall–Kier alpha value is -2.38. The molecule has 1 aliphatic heterocycles. The minimum absolute atomic E-state index is 0.0310. The zero-order valence-corrected chi connectivity index (χ0v) is 20.0. The van der Waals surface area contributed by atoms with Crippen molar-refractivity contribution in [3.8, 4) is 5.75 Å². The normalized spacial score (nSPS) is 16.0. The fraction of sp³-hybridized carbons (Fsp3) is 0.480. The van der Waals surface area contributed by atoms with Crippen LogP contribution in [-0.2, 0) is 15.8 Å². The van der Waals surface area contributed by atoms with Crippen LogP contribution in [0.5, 0.6) is 5.75 Å². The van der Waals surface area contributed by atoms with Crippen molar-refractivity contribution in [2.24, 2.45) is 5.92 Å². The van der Waals surface area contributed by atoms with Crippen molar-refractivity contribution in [1.29, 1.82) is 0 Å². The Morgan fingerprint density at radius 3 is 2.19 bits per heavy atom. The molecule has 0 saturated carbocycles. The summed E-state index contributed by atoms with van der Waals surface area (Å²) in [5.41, 5.74) is 2.24. The molecule has 1 unspecified atom stereocenters. The molecule has 1 heterocycles. The topological polar surface area (TPSA) is 75.7 Å². The first kappa shape index (κ1) is 24.3. The minimum Gasteiger partial charge on any atom is -0.497 e. The second-order valence-corrected chi connectivity index (χ2v) is 10.8. The molecule has 32 heavy (non-hydrogen) atoms. The summed E-state index contributed by atoms with van der Waals surface area (Å²) in [6, 6.07) is 14.5. The Bertz CT molecular complexity index is 980. The number of benzene rings is 2. The summed E-state index contributed by atoms with van der Waals surface area (Å²) in [6.07, 6.45) is 3.74. The first-order valence-electron chi connectivity index (χ1n) is 11.3. The van der Waals surface area contributed by atoms with E-state index in [0.29, 0.717) is 30.1 Å². The van der Waals surface area contributed by atoms with Gasteiger partial charge in [-0.3, -0.25) is 4.79 Å². The number of nitrogens with zero attached hydrogens (tertiary/aromatic N) is 1. The van der Waals surface area contributed by atoms with Crippen LogP contribution in [0.15, 0.2) is 48.5 Å². The number of hydrogen-bond donors (Lipinski definition) is 1. The summed E-state index contributed by atoms with van der Waals surface area (Å²) in [6.45, 7) is 5.46. The van der Waals surface area contributed by atoms with Gasteiger partial charge in [0.1, 0.15) is 5.75 Å². The van der Waals surface area contributed by atoms with Crippen molar-refractivity contribution in [2.45, 2.75) is 51.3 Å². The van der Waals surface area contributed by atoms with E-state index in [1.165, 1.54) is 0 Å². The summed E-state index contributed by atoms with van der Waals surface area (Å²) < 4.78 is 32.1. The molecule has 0 radical (unpaired) electrons. The predicted octanol–water partition coefficient (Wildman–Crippen LogP) is 4.53. The maximum absolute atomic E-state index is 12.9. The second kappa shape index (κ2) is 11.0. The maximum Gasteiger partial charge on any atom is 0.251 e. The molecule has 1 fully saturated rings. The SMILES string of the molecule is COc1ccc(C(CC(C)C)NC(=O)c2ccc(CS(=O)(=O)N3CCCCC3)cc2)cc1. The summed E-state index contributed by atoms with van der Waals surface area (Å²) in [5.74, 6) is 0.983. The predicted molar refractivity (Wildman–Crippen MR) is 127 cm³/mol. The molecule has 0 spiro atoms. The Morgan fingerprint density at radius 2 is 1.62 bits per heavy atom. The summed E-state index contributed by atoms with van der Waals surface area (Å²) in [5, 5.41) is 3.13. The van der Waals surface area contributed by atoms with E-state index in [-0.39, 0.29) is 17.7 Å². The van der Waals surface area contributed by atoms with Gasteiger partial charge in [0.2, 0.25) is 10.0 Å². The van der Waals surface area contributed by atoms with Crippen molar-refractivity contribution in [1.82, 2.24) is 9.62 Å². The van der Waals surface area contributed by atoms with Gasteiger partial charge in [0.05, 0.1) is 18.9 Å². The first-order valence-corrected chi connectivity index (χ1v) is 12.9. The lowest BCUT2D eigenvalue weighted by molar-refractivity contribution is 0.0932. The Morgan fingerprint density at radius 1 is 1.00 bits per heavy atom. The van der Waals surface area contributed by atoms with E-state index in [4.69, 9.17) is 4.74 Å². The highest BCUT2D eigenvalue weighted by atomic mass is 32.2. The fourth-order valence-electron chi connectivity index (χ4n) is 4.02. The quantitative estimate of drug-likeness (QED) is 0.599. The molecule has 1 N–H and O–H groups in total. The monoisotopic (exact) mass is 458 g/mol. The molecule has 3 rings (SSSR count). The zero-order valence-electron chi connectivity index (χ0n) is 19.2. The van der Waals surface area contributed by atoms with E-state index in [1.807, 2.05) is 24.3 Å². The van der Waals surface area contributed by atoms with Crippen LogP contribution in [0, 0.1) is 5.92 Å². The highest BCUT2D eigenvalue weighted by Crippen LogP contribution is 2.24. The Balaban J connectivity index is 1.67. The van der Waals surface area contributed by atoms with Gasteiger partial charge in [-0.15, -0.1) is 0 Å². The molecule has 1 saturated heterocycles. The lowest BCUT2D eigenvalue weighted by Gasteiger charge is -2.25. The Labute approximate surface area is 192 Å². The lowest BCUT2D eigenvalue weighted by Crippen LogP contribution is -2.36. The van der Waals surface area contributed by atoms with Gasteiger partial charge in [-0.05, 0) is 60.6 Å². The zero-order chi connectivity index (χ0) is 23.1. The number of hydrogen-bond acceptors (Lipinski definition) is 4. The van der Waals surface area contributed by atoms with Crippen molar-refractivity contribution < 1.29 is 17.9 Å². The van der Waals surface area contributed by atoms with Crippen LogP contribution in [0.25, 0.3) is 0 Å². The Kier molecular flexibility index (Phi) is 8.32. The van der Waals surface area contributed by atoms with E-state index in [9.17, 15) is 13.2 Å². The van der Waals surface area contributed by atoms with Crippen molar-refractivity contribution in [3.63, 3.8) is 0 Å². The van der Waals surface area contributed by atoms with E-state index < -0.39 is 10.0 Å². The molecule has 1 aliphatic rings. The minimum atomic E-state index is -3.32. The second-order valence-electron chi connectivity index (χ2n) is 8.84. The lowest BCUT2D eigenvalue weighted by atomic mass is 9.96. The van der Waals surface area contributed by atoms with E-state index in [2.05, 4.69) is 19.2 Å². The number of nitrogens with one attached hydrogen (secondary N) is 1. The third-order valence-electron chi connectivity index (χ3n) is 5.80. The van der Waals surface area contributed by atoms with Crippen LogP contribution in [0.2, 0.25) is 0 Å². The number of amides is 1. The number of carbonyl (C=O) groups is 1. The van der Waals surface area contributed by atoms with Gasteiger partial charge in [-0.2, -0.15) is 0 Å². The van der Waals surface area contributed by atoms with Crippen LogP contribution in [0.4, 0.5) is 0 Å². The van der Waals surface area contributed by atoms with Gasteiger partial charge in [0.15, 0.2) is 0 Å². The van der Waals surface area contributed by atoms with Crippen LogP contribution in [-0.4, -0.2) is 38.8 Å². The fourth-order valence-corrected chi connectivity index (χ4v) is 5.64. The highest BCUT2D eigenvalue weighted by molar-refractivity contribution is 7.88. The largest absolute Gasteiger partial charge is 0.497 e. The van der Waals surface area contributed by atoms with Crippen LogP contribution < -0.4 is 10.1 Å². The van der Waals surface area contributed by atoms with Gasteiger partial charge >= 0.3 is 0 Å². The number of sulfonamides is 1. The molecular formula is C25H34N2O4S. The number of ether oxygens (including phenoxy) is 1. The summed E-state index contributed by atoms with van der Waals surface area (Å²) in [7, 11) is -1.69. The van der Waals surface area contributed by atoms with Crippen LogP contribution >= 0.6 is 0 Å². The van der Waals surface area contributed by atoms with E-state index in [0.717, 1.165) is 37.0 Å². The molecule has 2 aromatic rings. The molecule has 0 aliphatic carbocycles. The molecule has 1 atom stereocenters. The molecule has 0 aromatic heterocycles. The van der Waals surface area contributed by atoms with Gasteiger partial charge in [0.25, 0.3) is 5.91 Å². The molecule has 6 nitrogen and oxygen atoms in total. The average molecular weight is 459 g/mol. The van der Waals surface area contributed by atoms with Gasteiger partial charge in [0, 0.05) is 18.7 Å².